The maximum absolute atomic E-state index is 12.6. The Morgan fingerprint density at radius 1 is 1.11 bits per heavy atom. The Kier molecular flexibility index (Phi) is 3.37. The van der Waals surface area contributed by atoms with Crippen LogP contribution in [0.1, 0.15) is 31.2 Å². The van der Waals surface area contributed by atoms with E-state index in [9.17, 15) is 8.42 Å². The van der Waals surface area contributed by atoms with Gasteiger partial charge in [-0.1, -0.05) is 12.1 Å². The molecule has 0 atom stereocenters. The van der Waals surface area contributed by atoms with Gasteiger partial charge in [-0.15, -0.1) is 0 Å². The van der Waals surface area contributed by atoms with E-state index >= 15 is 0 Å². The molecule has 2 aliphatic carbocycles. The van der Waals surface area contributed by atoms with Crippen molar-refractivity contribution in [3.63, 3.8) is 0 Å². The molecule has 0 unspecified atom stereocenters. The van der Waals surface area contributed by atoms with Crippen molar-refractivity contribution in [2.75, 3.05) is 6.54 Å². The number of sulfonamides is 1. The first-order valence-electron chi connectivity index (χ1n) is 6.83. The van der Waals surface area contributed by atoms with Gasteiger partial charge in [0, 0.05) is 12.6 Å². The molecule has 0 radical (unpaired) electrons. The van der Waals surface area contributed by atoms with Crippen LogP contribution < -0.4 is 0 Å². The number of benzene rings is 1. The number of aliphatic hydroxyl groups is 1. The van der Waals surface area contributed by atoms with Gasteiger partial charge in [0.2, 0.25) is 10.0 Å². The molecule has 0 saturated heterocycles. The van der Waals surface area contributed by atoms with E-state index in [2.05, 4.69) is 0 Å². The highest BCUT2D eigenvalue weighted by atomic mass is 32.2. The van der Waals surface area contributed by atoms with E-state index in [0.29, 0.717) is 17.4 Å². The first kappa shape index (κ1) is 13.1. The number of nitrogens with zero attached hydrogens (tertiary/aromatic N) is 1. The van der Waals surface area contributed by atoms with Crippen LogP contribution in [0.4, 0.5) is 0 Å². The number of hydrogen-bond acceptors (Lipinski definition) is 3. The van der Waals surface area contributed by atoms with E-state index in [1.807, 2.05) is 0 Å². The van der Waals surface area contributed by atoms with E-state index in [4.69, 9.17) is 5.11 Å². The van der Waals surface area contributed by atoms with Crippen LogP contribution in [0, 0.1) is 5.92 Å². The van der Waals surface area contributed by atoms with Gasteiger partial charge in [-0.3, -0.25) is 0 Å². The van der Waals surface area contributed by atoms with Crippen molar-refractivity contribution in [3.05, 3.63) is 29.8 Å². The second kappa shape index (κ2) is 4.89. The first-order valence-corrected chi connectivity index (χ1v) is 8.27. The van der Waals surface area contributed by atoms with Crippen molar-refractivity contribution < 1.29 is 13.5 Å². The van der Waals surface area contributed by atoms with Gasteiger partial charge < -0.3 is 5.11 Å². The Labute approximate surface area is 114 Å². The average Bonchev–Trinajstić information content (AvgIpc) is 3.28. The molecule has 1 aromatic rings. The Bertz CT molecular complexity index is 545. The Morgan fingerprint density at radius 3 is 2.21 bits per heavy atom. The highest BCUT2D eigenvalue weighted by molar-refractivity contribution is 7.89. The summed E-state index contributed by atoms with van der Waals surface area (Å²) >= 11 is 0. The highest BCUT2D eigenvalue weighted by Gasteiger charge is 2.40. The van der Waals surface area contributed by atoms with Crippen molar-refractivity contribution >= 4 is 10.0 Å². The fourth-order valence-corrected chi connectivity index (χ4v) is 4.02. The highest BCUT2D eigenvalue weighted by Crippen LogP contribution is 2.37. The van der Waals surface area contributed by atoms with Gasteiger partial charge in [0.15, 0.2) is 0 Å². The summed E-state index contributed by atoms with van der Waals surface area (Å²) in [6, 6.07) is 6.76. The Hall–Kier alpha value is -0.910. The summed E-state index contributed by atoms with van der Waals surface area (Å²) in [5.74, 6) is 0.562. The zero-order valence-corrected chi connectivity index (χ0v) is 11.6. The fraction of sp³-hybridized carbons (Fsp3) is 0.571. The predicted molar refractivity (Wildman–Crippen MR) is 72.0 cm³/mol. The number of aliphatic hydroxyl groups excluding tert-OH is 1. The average molecular weight is 281 g/mol. The molecule has 1 aromatic carbocycles. The Morgan fingerprint density at radius 2 is 1.74 bits per heavy atom. The van der Waals surface area contributed by atoms with Crippen LogP contribution in [0.2, 0.25) is 0 Å². The molecule has 0 heterocycles. The molecule has 3 rings (SSSR count). The first-order chi connectivity index (χ1) is 9.11. The predicted octanol–water partition coefficient (Wildman–Crippen LogP) is 1.74. The lowest BCUT2D eigenvalue weighted by Gasteiger charge is -2.21. The summed E-state index contributed by atoms with van der Waals surface area (Å²) in [5.41, 5.74) is 0.735. The lowest BCUT2D eigenvalue weighted by molar-refractivity contribution is 0.281. The molecule has 0 aromatic heterocycles. The molecule has 2 fully saturated rings. The molecule has 19 heavy (non-hydrogen) atoms. The van der Waals surface area contributed by atoms with Crippen molar-refractivity contribution in [2.24, 2.45) is 5.92 Å². The molecule has 2 aliphatic rings. The van der Waals surface area contributed by atoms with Crippen molar-refractivity contribution in [1.82, 2.24) is 4.31 Å². The van der Waals surface area contributed by atoms with Crippen molar-refractivity contribution in [3.8, 4) is 0 Å². The van der Waals surface area contributed by atoms with E-state index in [-0.39, 0.29) is 12.6 Å². The van der Waals surface area contributed by atoms with E-state index in [1.54, 1.807) is 28.6 Å². The summed E-state index contributed by atoms with van der Waals surface area (Å²) in [4.78, 5) is 0.345. The molecule has 4 nitrogen and oxygen atoms in total. The molecule has 2 saturated carbocycles. The molecule has 0 bridgehead atoms. The van der Waals surface area contributed by atoms with Crippen molar-refractivity contribution in [1.29, 1.82) is 0 Å². The molecule has 5 heteroatoms. The smallest absolute Gasteiger partial charge is 0.243 e. The van der Waals surface area contributed by atoms with Crippen LogP contribution >= 0.6 is 0 Å². The zero-order valence-electron chi connectivity index (χ0n) is 10.8. The maximum Gasteiger partial charge on any atom is 0.243 e. The largest absolute Gasteiger partial charge is 0.392 e. The monoisotopic (exact) mass is 281 g/mol. The summed E-state index contributed by atoms with van der Waals surface area (Å²) in [7, 11) is -3.37. The standard InChI is InChI=1S/C14H19NO3S/c16-10-12-3-7-14(8-4-12)19(17,18)15(13-5-6-13)9-11-1-2-11/h3-4,7-8,11,13,16H,1-2,5-6,9-10H2. The molecule has 0 amide bonds. The number of rotatable bonds is 6. The van der Waals surface area contributed by atoms with Gasteiger partial charge in [0.25, 0.3) is 0 Å². The molecular weight excluding hydrogens is 262 g/mol. The van der Waals surface area contributed by atoms with Gasteiger partial charge in [0.1, 0.15) is 0 Å². The second-order valence-corrected chi connectivity index (χ2v) is 7.44. The lowest BCUT2D eigenvalue weighted by atomic mass is 10.2. The molecular formula is C14H19NO3S. The maximum atomic E-state index is 12.6. The van der Waals surface area contributed by atoms with Crippen LogP contribution in [0.25, 0.3) is 0 Å². The zero-order chi connectivity index (χ0) is 13.5. The summed E-state index contributed by atoms with van der Waals surface area (Å²) in [5, 5.41) is 9.01. The third-order valence-electron chi connectivity index (χ3n) is 3.80. The van der Waals surface area contributed by atoms with Crippen molar-refractivity contribution in [2.45, 2.75) is 43.2 Å². The lowest BCUT2D eigenvalue weighted by Crippen LogP contribution is -2.34. The summed E-state index contributed by atoms with van der Waals surface area (Å²) in [6.07, 6.45) is 4.28. The van der Waals surface area contributed by atoms with E-state index < -0.39 is 10.0 Å². The SMILES string of the molecule is O=S(=O)(c1ccc(CO)cc1)N(CC1CC1)C1CC1. The fourth-order valence-electron chi connectivity index (χ4n) is 2.26. The van der Waals surface area contributed by atoms with Crippen LogP contribution in [-0.4, -0.2) is 30.4 Å². The van der Waals surface area contributed by atoms with E-state index in [0.717, 1.165) is 31.2 Å². The van der Waals surface area contributed by atoms with Crippen LogP contribution in [-0.2, 0) is 16.6 Å². The molecule has 0 spiro atoms. The van der Waals surface area contributed by atoms with Crippen LogP contribution in [0.5, 0.6) is 0 Å². The van der Waals surface area contributed by atoms with Gasteiger partial charge in [-0.25, -0.2) is 8.42 Å². The topological polar surface area (TPSA) is 57.6 Å². The molecule has 104 valence electrons. The minimum absolute atomic E-state index is 0.0608. The number of hydrogen-bond donors (Lipinski definition) is 1. The van der Waals surface area contributed by atoms with E-state index in [1.165, 1.54) is 0 Å². The minimum atomic E-state index is -3.37. The van der Waals surface area contributed by atoms with Gasteiger partial charge in [-0.2, -0.15) is 4.31 Å². The normalized spacial score (nSPS) is 19.9. The van der Waals surface area contributed by atoms with Crippen LogP contribution in [0.3, 0.4) is 0 Å². The van der Waals surface area contributed by atoms with Gasteiger partial charge in [0.05, 0.1) is 11.5 Å². The second-order valence-electron chi connectivity index (χ2n) is 5.55. The molecule has 0 aliphatic heterocycles. The third kappa shape index (κ3) is 2.83. The molecule has 1 N–H and O–H groups in total. The third-order valence-corrected chi connectivity index (χ3v) is 5.73. The van der Waals surface area contributed by atoms with Gasteiger partial charge >= 0.3 is 0 Å². The van der Waals surface area contributed by atoms with Gasteiger partial charge in [-0.05, 0) is 49.3 Å². The minimum Gasteiger partial charge on any atom is -0.392 e. The van der Waals surface area contributed by atoms with Crippen LogP contribution in [0.15, 0.2) is 29.2 Å². The quantitative estimate of drug-likeness (QED) is 0.864. The summed E-state index contributed by atoms with van der Waals surface area (Å²) in [6.45, 7) is 0.615. The Balaban J connectivity index is 1.85. The summed E-state index contributed by atoms with van der Waals surface area (Å²) < 4.78 is 27.0.